The third-order valence-electron chi connectivity index (χ3n) is 5.63. The minimum absolute atomic E-state index is 0.135. The lowest BCUT2D eigenvalue weighted by molar-refractivity contribution is -0.123. The Morgan fingerprint density at radius 1 is 0.829 bits per heavy atom. The van der Waals surface area contributed by atoms with E-state index in [0.29, 0.717) is 21.5 Å². The summed E-state index contributed by atoms with van der Waals surface area (Å²) in [5, 5.41) is 1.49. The van der Waals surface area contributed by atoms with Crippen LogP contribution in [0.4, 0.5) is 4.79 Å². The largest absolute Gasteiger partial charge is 0.342 e. The predicted molar refractivity (Wildman–Crippen MR) is 151 cm³/mol. The first-order valence-electron chi connectivity index (χ1n) is 10.5. The molecular formula is C26H16Br2Cl2N2O2S. The summed E-state index contributed by atoms with van der Waals surface area (Å²) in [4.78, 5) is 27.4. The van der Waals surface area contributed by atoms with Crippen LogP contribution in [0.1, 0.15) is 16.7 Å². The van der Waals surface area contributed by atoms with Gasteiger partial charge in [0.05, 0.1) is 21.5 Å². The quantitative estimate of drug-likeness (QED) is 0.203. The highest BCUT2D eigenvalue weighted by atomic mass is 79.9. The first-order valence-corrected chi connectivity index (χ1v) is 13.7. The zero-order valence-corrected chi connectivity index (χ0v) is 23.5. The molecule has 2 heterocycles. The number of halogens is 4. The predicted octanol–water partition coefficient (Wildman–Crippen LogP) is 8.76. The molecule has 0 saturated carbocycles. The minimum atomic E-state index is -0.324. The number of thioether (sulfide) groups is 1. The molecule has 0 bridgehead atoms. The van der Waals surface area contributed by atoms with Crippen LogP contribution < -0.4 is 0 Å². The molecule has 1 aliphatic rings. The highest BCUT2D eigenvalue weighted by Crippen LogP contribution is 2.36. The maximum absolute atomic E-state index is 13.1. The van der Waals surface area contributed by atoms with Crippen molar-refractivity contribution in [1.29, 1.82) is 0 Å². The Balaban J connectivity index is 1.47. The van der Waals surface area contributed by atoms with Crippen molar-refractivity contribution in [2.24, 2.45) is 0 Å². The summed E-state index contributed by atoms with van der Waals surface area (Å²) in [7, 11) is 0. The molecule has 0 N–H and O–H groups in total. The van der Waals surface area contributed by atoms with Crippen LogP contribution >= 0.6 is 66.8 Å². The molecule has 176 valence electrons. The molecular weight excluding hydrogens is 635 g/mol. The molecule has 3 aromatic carbocycles. The van der Waals surface area contributed by atoms with Crippen LogP contribution in [-0.4, -0.2) is 20.6 Å². The van der Waals surface area contributed by atoms with Crippen molar-refractivity contribution in [3.05, 3.63) is 107 Å². The van der Waals surface area contributed by atoms with Crippen LogP contribution in [0.15, 0.2) is 80.7 Å². The van der Waals surface area contributed by atoms with Gasteiger partial charge in [-0.05, 0) is 71.4 Å². The van der Waals surface area contributed by atoms with E-state index in [1.165, 1.54) is 4.90 Å². The van der Waals surface area contributed by atoms with Crippen LogP contribution in [0.25, 0.3) is 17.0 Å². The number of hydrogen-bond donors (Lipinski definition) is 0. The highest BCUT2D eigenvalue weighted by molar-refractivity contribution is 9.10. The average Bonchev–Trinajstić information content (AvgIpc) is 3.29. The minimum Gasteiger partial charge on any atom is -0.342 e. The van der Waals surface area contributed by atoms with Crippen molar-refractivity contribution in [2.45, 2.75) is 13.1 Å². The molecule has 4 aromatic rings. The Morgan fingerprint density at radius 2 is 1.54 bits per heavy atom. The molecule has 9 heteroatoms. The first kappa shape index (κ1) is 24.7. The number of imide groups is 1. The lowest BCUT2D eigenvalue weighted by Gasteiger charge is -2.12. The van der Waals surface area contributed by atoms with Gasteiger partial charge in [-0.15, -0.1) is 0 Å². The lowest BCUT2D eigenvalue weighted by atomic mass is 10.1. The van der Waals surface area contributed by atoms with Gasteiger partial charge in [-0.1, -0.05) is 73.3 Å². The van der Waals surface area contributed by atoms with Gasteiger partial charge < -0.3 is 4.57 Å². The fraction of sp³-hybridized carbons (Fsp3) is 0.0769. The number of aromatic nitrogens is 1. The molecule has 2 amide bonds. The molecule has 1 fully saturated rings. The molecule has 0 radical (unpaired) electrons. The van der Waals surface area contributed by atoms with E-state index in [9.17, 15) is 9.59 Å². The molecule has 0 unspecified atom stereocenters. The summed E-state index contributed by atoms with van der Waals surface area (Å²) in [5.41, 5.74) is 3.80. The molecule has 1 aromatic heterocycles. The molecule has 1 aliphatic heterocycles. The van der Waals surface area contributed by atoms with E-state index in [1.54, 1.807) is 24.3 Å². The number of rotatable bonds is 5. The average molecular weight is 651 g/mol. The molecule has 1 saturated heterocycles. The van der Waals surface area contributed by atoms with Gasteiger partial charge >= 0.3 is 0 Å². The summed E-state index contributed by atoms with van der Waals surface area (Å²) >= 11 is 20.1. The second-order valence-corrected chi connectivity index (χ2v) is 11.7. The van der Waals surface area contributed by atoms with E-state index in [2.05, 4.69) is 48.6 Å². The number of hydrogen-bond acceptors (Lipinski definition) is 3. The van der Waals surface area contributed by atoms with Gasteiger partial charge in [0.25, 0.3) is 11.1 Å². The molecule has 35 heavy (non-hydrogen) atoms. The van der Waals surface area contributed by atoms with Gasteiger partial charge in [-0.25, -0.2) is 0 Å². The van der Waals surface area contributed by atoms with Gasteiger partial charge in [-0.2, -0.15) is 0 Å². The fourth-order valence-corrected chi connectivity index (χ4v) is 5.70. The second-order valence-electron chi connectivity index (χ2n) is 8.02. The first-order chi connectivity index (χ1) is 16.8. The maximum Gasteiger partial charge on any atom is 0.293 e. The van der Waals surface area contributed by atoms with Crippen molar-refractivity contribution in [3.8, 4) is 0 Å². The van der Waals surface area contributed by atoms with Crippen molar-refractivity contribution < 1.29 is 9.59 Å². The zero-order chi connectivity index (χ0) is 24.7. The van der Waals surface area contributed by atoms with Gasteiger partial charge in [0.2, 0.25) is 0 Å². The van der Waals surface area contributed by atoms with E-state index in [-0.39, 0.29) is 17.7 Å². The number of fused-ring (bicyclic) bond motifs is 1. The normalized spacial score (nSPS) is 15.1. The number of carbonyl (C=O) groups is 2. The zero-order valence-electron chi connectivity index (χ0n) is 18.0. The summed E-state index contributed by atoms with van der Waals surface area (Å²) in [6.45, 7) is 0.813. The lowest BCUT2D eigenvalue weighted by Crippen LogP contribution is -2.27. The van der Waals surface area contributed by atoms with Crippen molar-refractivity contribution in [2.75, 3.05) is 0 Å². The maximum atomic E-state index is 13.1. The fourth-order valence-electron chi connectivity index (χ4n) is 3.93. The molecule has 4 nitrogen and oxygen atoms in total. The van der Waals surface area contributed by atoms with Gasteiger partial charge in [0.15, 0.2) is 0 Å². The second kappa shape index (κ2) is 10.1. The summed E-state index contributed by atoms with van der Waals surface area (Å²) in [5.74, 6) is -0.324. The SMILES string of the molecule is O=C1S/C(=C\c2cn(Cc3ccc(Br)cc3)c3ccc(Br)cc23)C(=O)N1Cc1ccc(Cl)c(Cl)c1. The number of amides is 2. The standard InChI is InChI=1S/C26H16Br2Cl2N2O2S/c27-18-4-1-15(2-5-18)12-31-14-17(20-11-19(28)6-8-23(20)31)10-24-25(33)32(26(34)35-24)13-16-3-7-21(29)22(30)9-16/h1-11,14H,12-13H2/b24-10-. The molecule has 0 aliphatic carbocycles. The number of nitrogens with zero attached hydrogens (tertiary/aromatic N) is 2. The third kappa shape index (κ3) is 5.25. The third-order valence-corrected chi connectivity index (χ3v) is 8.29. The Labute approximate surface area is 233 Å². The summed E-state index contributed by atoms with van der Waals surface area (Å²) < 4.78 is 4.12. The van der Waals surface area contributed by atoms with Gasteiger partial charge in [0, 0.05) is 38.2 Å². The van der Waals surface area contributed by atoms with Crippen LogP contribution in [0, 0.1) is 0 Å². The van der Waals surface area contributed by atoms with E-state index in [1.807, 2.05) is 36.5 Å². The Bertz CT molecular complexity index is 1520. The molecule has 0 atom stereocenters. The molecule has 5 rings (SSSR count). The Kier molecular flexibility index (Phi) is 7.15. The summed E-state index contributed by atoms with van der Waals surface area (Å²) in [6.07, 6.45) is 3.82. The van der Waals surface area contributed by atoms with Gasteiger partial charge in [-0.3, -0.25) is 14.5 Å². The molecule has 0 spiro atoms. The smallest absolute Gasteiger partial charge is 0.293 e. The van der Waals surface area contributed by atoms with Crippen molar-refractivity contribution in [1.82, 2.24) is 9.47 Å². The highest BCUT2D eigenvalue weighted by Gasteiger charge is 2.35. The summed E-state index contributed by atoms with van der Waals surface area (Å²) in [6, 6.07) is 19.3. The van der Waals surface area contributed by atoms with E-state index in [4.69, 9.17) is 23.2 Å². The topological polar surface area (TPSA) is 42.3 Å². The Morgan fingerprint density at radius 3 is 2.29 bits per heavy atom. The van der Waals surface area contributed by atoms with Crippen LogP contribution in [0.5, 0.6) is 0 Å². The van der Waals surface area contributed by atoms with Gasteiger partial charge in [0.1, 0.15) is 0 Å². The van der Waals surface area contributed by atoms with Crippen LogP contribution in [0.3, 0.4) is 0 Å². The number of carbonyl (C=O) groups excluding carboxylic acids is 2. The van der Waals surface area contributed by atoms with Crippen molar-refractivity contribution in [3.63, 3.8) is 0 Å². The van der Waals surface area contributed by atoms with Crippen molar-refractivity contribution >= 4 is 94.9 Å². The van der Waals surface area contributed by atoms with E-state index in [0.717, 1.165) is 48.3 Å². The van der Waals surface area contributed by atoms with E-state index >= 15 is 0 Å². The Hall–Kier alpha value is -2.03. The number of benzene rings is 3. The monoisotopic (exact) mass is 648 g/mol. The van der Waals surface area contributed by atoms with Crippen LogP contribution in [0.2, 0.25) is 10.0 Å². The van der Waals surface area contributed by atoms with E-state index < -0.39 is 0 Å². The van der Waals surface area contributed by atoms with Crippen LogP contribution in [-0.2, 0) is 17.9 Å².